The molecule has 1 aromatic rings. The highest BCUT2D eigenvalue weighted by Crippen LogP contribution is 2.21. The lowest BCUT2D eigenvalue weighted by Crippen LogP contribution is -2.10. The van der Waals surface area contributed by atoms with Crippen LogP contribution in [-0.2, 0) is 0 Å². The Hall–Kier alpha value is -1.58. The maximum absolute atomic E-state index is 10.5. The normalized spacial score (nSPS) is 10.3. The van der Waals surface area contributed by atoms with Crippen molar-refractivity contribution in [3.05, 3.63) is 33.9 Å². The van der Waals surface area contributed by atoms with Crippen LogP contribution in [0.2, 0.25) is 0 Å². The largest absolute Gasteiger partial charge is 0.383 e. The van der Waals surface area contributed by atoms with Gasteiger partial charge in [-0.25, -0.2) is 0 Å². The molecule has 0 saturated heterocycles. The molecule has 0 amide bonds. The van der Waals surface area contributed by atoms with Crippen molar-refractivity contribution in [1.82, 2.24) is 0 Å². The van der Waals surface area contributed by atoms with E-state index in [1.807, 2.05) is 20.8 Å². The minimum Gasteiger partial charge on any atom is -0.383 e. The smallest absolute Gasteiger partial charge is 0.269 e. The van der Waals surface area contributed by atoms with E-state index in [2.05, 4.69) is 5.32 Å². The molecule has 0 bridgehead atoms. The molecule has 4 nitrogen and oxygen atoms in total. The van der Waals surface area contributed by atoms with Gasteiger partial charge in [0.15, 0.2) is 0 Å². The molecule has 0 unspecified atom stereocenters. The summed E-state index contributed by atoms with van der Waals surface area (Å²) in [5, 5.41) is 13.7. The average Bonchev–Trinajstić information content (AvgIpc) is 2.07. The van der Waals surface area contributed by atoms with Gasteiger partial charge in [0.05, 0.1) is 4.92 Å². The van der Waals surface area contributed by atoms with Crippen LogP contribution in [0.5, 0.6) is 0 Å². The molecule has 1 N–H and O–H groups in total. The van der Waals surface area contributed by atoms with Crippen molar-refractivity contribution in [2.75, 3.05) is 5.32 Å². The molecule has 0 aliphatic heterocycles. The number of hydrogen-bond donors (Lipinski definition) is 1. The third-order valence-electron chi connectivity index (χ3n) is 1.86. The highest BCUT2D eigenvalue weighted by atomic mass is 16.6. The maximum Gasteiger partial charge on any atom is 0.269 e. The van der Waals surface area contributed by atoms with Gasteiger partial charge in [0.1, 0.15) is 0 Å². The molecule has 0 heterocycles. The van der Waals surface area contributed by atoms with E-state index >= 15 is 0 Å². The summed E-state index contributed by atoms with van der Waals surface area (Å²) in [5.41, 5.74) is 1.98. The lowest BCUT2D eigenvalue weighted by molar-refractivity contribution is -0.384. The Kier molecular flexibility index (Phi) is 3.06. The Balaban J connectivity index is 2.95. The van der Waals surface area contributed by atoms with Crippen LogP contribution in [0.1, 0.15) is 19.4 Å². The van der Waals surface area contributed by atoms with Gasteiger partial charge in [-0.15, -0.1) is 0 Å². The quantitative estimate of drug-likeness (QED) is 0.594. The lowest BCUT2D eigenvalue weighted by atomic mass is 10.1. The number of rotatable bonds is 3. The van der Waals surface area contributed by atoms with Gasteiger partial charge in [0.2, 0.25) is 0 Å². The first-order valence-electron chi connectivity index (χ1n) is 4.52. The van der Waals surface area contributed by atoms with E-state index in [9.17, 15) is 10.1 Å². The summed E-state index contributed by atoms with van der Waals surface area (Å²) in [4.78, 5) is 10.1. The topological polar surface area (TPSA) is 55.2 Å². The first-order valence-corrected chi connectivity index (χ1v) is 4.52. The van der Waals surface area contributed by atoms with Gasteiger partial charge >= 0.3 is 0 Å². The van der Waals surface area contributed by atoms with E-state index in [-0.39, 0.29) is 10.6 Å². The third-order valence-corrected chi connectivity index (χ3v) is 1.86. The molecule has 1 aromatic carbocycles. The number of anilines is 1. The van der Waals surface area contributed by atoms with Crippen molar-refractivity contribution in [2.24, 2.45) is 0 Å². The molecule has 0 aromatic heterocycles. The molecule has 0 spiro atoms. The number of benzene rings is 1. The summed E-state index contributed by atoms with van der Waals surface area (Å²) in [5.74, 6) is 0. The van der Waals surface area contributed by atoms with Crippen LogP contribution in [0.25, 0.3) is 0 Å². The summed E-state index contributed by atoms with van der Waals surface area (Å²) >= 11 is 0. The molecule has 4 heteroatoms. The van der Waals surface area contributed by atoms with Crippen molar-refractivity contribution < 1.29 is 4.92 Å². The van der Waals surface area contributed by atoms with Gasteiger partial charge in [-0.1, -0.05) is 0 Å². The summed E-state index contributed by atoms with van der Waals surface area (Å²) in [6.07, 6.45) is 0. The van der Waals surface area contributed by atoms with Crippen molar-refractivity contribution in [3.63, 3.8) is 0 Å². The molecule has 1 rings (SSSR count). The minimum absolute atomic E-state index is 0.136. The van der Waals surface area contributed by atoms with Crippen molar-refractivity contribution in [1.29, 1.82) is 0 Å². The van der Waals surface area contributed by atoms with Crippen LogP contribution in [0.3, 0.4) is 0 Å². The number of nitrogens with one attached hydrogen (secondary N) is 1. The van der Waals surface area contributed by atoms with Crippen molar-refractivity contribution in [2.45, 2.75) is 26.8 Å². The average molecular weight is 194 g/mol. The van der Waals surface area contributed by atoms with E-state index in [1.54, 1.807) is 12.1 Å². The molecule has 0 radical (unpaired) electrons. The lowest BCUT2D eigenvalue weighted by Gasteiger charge is -2.11. The summed E-state index contributed by atoms with van der Waals surface area (Å²) in [7, 11) is 0. The van der Waals surface area contributed by atoms with Crippen molar-refractivity contribution in [3.8, 4) is 0 Å². The number of non-ortho nitro benzene ring substituents is 1. The van der Waals surface area contributed by atoms with E-state index in [1.165, 1.54) is 6.07 Å². The molecular formula is C10H14N2O2. The Morgan fingerprint density at radius 2 is 2.07 bits per heavy atom. The van der Waals surface area contributed by atoms with Crippen LogP contribution in [0.4, 0.5) is 11.4 Å². The fraction of sp³-hybridized carbons (Fsp3) is 0.400. The van der Waals surface area contributed by atoms with Crippen molar-refractivity contribution >= 4 is 11.4 Å². The Bertz CT molecular complexity index is 348. The number of hydrogen-bond acceptors (Lipinski definition) is 3. The Morgan fingerprint density at radius 3 is 2.50 bits per heavy atom. The zero-order valence-corrected chi connectivity index (χ0v) is 8.57. The number of aryl methyl sites for hydroxylation is 1. The van der Waals surface area contributed by atoms with Gasteiger partial charge < -0.3 is 5.32 Å². The molecule has 76 valence electrons. The maximum atomic E-state index is 10.5. The molecule has 0 aliphatic rings. The van der Waals surface area contributed by atoms with Gasteiger partial charge in [-0.3, -0.25) is 10.1 Å². The van der Waals surface area contributed by atoms with Crippen LogP contribution < -0.4 is 5.32 Å². The molecular weight excluding hydrogens is 180 g/mol. The van der Waals surface area contributed by atoms with E-state index in [0.717, 1.165) is 11.3 Å². The second kappa shape index (κ2) is 4.09. The predicted octanol–water partition coefficient (Wildman–Crippen LogP) is 2.72. The fourth-order valence-corrected chi connectivity index (χ4v) is 1.23. The third kappa shape index (κ3) is 2.45. The predicted molar refractivity (Wildman–Crippen MR) is 56.6 cm³/mol. The number of nitrogens with zero attached hydrogens (tertiary/aromatic N) is 1. The van der Waals surface area contributed by atoms with Gasteiger partial charge in [-0.2, -0.15) is 0 Å². The Labute approximate surface area is 83.1 Å². The minimum atomic E-state index is -0.383. The number of nitro benzene ring substituents is 1. The highest BCUT2D eigenvalue weighted by Gasteiger charge is 2.07. The molecule has 0 saturated carbocycles. The van der Waals surface area contributed by atoms with E-state index in [0.29, 0.717) is 6.04 Å². The van der Waals surface area contributed by atoms with Crippen LogP contribution in [-0.4, -0.2) is 11.0 Å². The van der Waals surface area contributed by atoms with Crippen LogP contribution in [0.15, 0.2) is 18.2 Å². The molecule has 14 heavy (non-hydrogen) atoms. The summed E-state index contributed by atoms with van der Waals surface area (Å²) < 4.78 is 0. The first kappa shape index (κ1) is 10.5. The van der Waals surface area contributed by atoms with Crippen LogP contribution in [0, 0.1) is 17.0 Å². The molecule has 0 fully saturated rings. The molecule has 0 atom stereocenters. The van der Waals surface area contributed by atoms with E-state index < -0.39 is 0 Å². The zero-order chi connectivity index (χ0) is 10.7. The second-order valence-corrected chi connectivity index (χ2v) is 3.56. The van der Waals surface area contributed by atoms with E-state index in [4.69, 9.17) is 0 Å². The van der Waals surface area contributed by atoms with Crippen LogP contribution >= 0.6 is 0 Å². The summed E-state index contributed by atoms with van der Waals surface area (Å²) in [6.45, 7) is 5.92. The number of nitro groups is 1. The second-order valence-electron chi connectivity index (χ2n) is 3.56. The highest BCUT2D eigenvalue weighted by molar-refractivity contribution is 5.55. The van der Waals surface area contributed by atoms with Gasteiger partial charge in [0, 0.05) is 23.9 Å². The Morgan fingerprint density at radius 1 is 1.43 bits per heavy atom. The fourth-order valence-electron chi connectivity index (χ4n) is 1.23. The summed E-state index contributed by atoms with van der Waals surface area (Å²) in [6, 6.07) is 5.16. The standard InChI is InChI=1S/C10H14N2O2/c1-7(2)11-10-5-4-9(12(13)14)6-8(10)3/h4-7,11H,1-3H3. The monoisotopic (exact) mass is 194 g/mol. The van der Waals surface area contributed by atoms with Gasteiger partial charge in [0.25, 0.3) is 5.69 Å². The molecule has 0 aliphatic carbocycles. The van der Waals surface area contributed by atoms with Gasteiger partial charge in [-0.05, 0) is 32.4 Å². The first-order chi connectivity index (χ1) is 6.50. The zero-order valence-electron chi connectivity index (χ0n) is 8.57. The SMILES string of the molecule is Cc1cc([N+](=O)[O-])ccc1NC(C)C.